The summed E-state index contributed by atoms with van der Waals surface area (Å²) >= 11 is 20.9. The number of benzene rings is 6. The molecule has 590 valence electrons. The van der Waals surface area contributed by atoms with Crippen molar-refractivity contribution in [2.75, 3.05) is 25.7 Å². The van der Waals surface area contributed by atoms with E-state index in [1.54, 1.807) is 109 Å². The molecule has 3 amide bonds. The van der Waals surface area contributed by atoms with Gasteiger partial charge in [0.2, 0.25) is 5.91 Å². The summed E-state index contributed by atoms with van der Waals surface area (Å²) in [6.07, 6.45) is 15.4. The molecule has 0 radical (unpaired) electrons. The number of aromatic nitrogens is 8. The number of amides is 3. The van der Waals surface area contributed by atoms with E-state index in [1.165, 1.54) is 14.2 Å². The van der Waals surface area contributed by atoms with E-state index in [1.807, 2.05) is 159 Å². The summed E-state index contributed by atoms with van der Waals surface area (Å²) in [7, 11) is 2.74. The number of aromatic carboxylic acids is 2. The van der Waals surface area contributed by atoms with Crippen molar-refractivity contribution in [1.82, 2.24) is 50.5 Å². The van der Waals surface area contributed by atoms with Gasteiger partial charge in [0.1, 0.15) is 11.6 Å². The molecule has 0 aliphatic carbocycles. The molecule has 7 heterocycles. The topological polar surface area (TPSA) is 309 Å². The minimum Gasteiger partial charge on any atom is -0.478 e. The van der Waals surface area contributed by atoms with Crippen LogP contribution in [-0.2, 0) is 14.3 Å². The zero-order valence-electron chi connectivity index (χ0n) is 63.6. The summed E-state index contributed by atoms with van der Waals surface area (Å²) in [5.74, 6) is -1.44. The number of rotatable bonds is 15. The number of ether oxygens (including phenoxy) is 2. The number of pyridine rings is 4. The number of hydrogen-bond acceptors (Lipinski definition) is 17. The van der Waals surface area contributed by atoms with Crippen LogP contribution in [0.25, 0.3) is 45.0 Å². The Hall–Kier alpha value is -9.77. The van der Waals surface area contributed by atoms with Crippen LogP contribution in [0.4, 0.5) is 5.69 Å². The number of carbonyl (C=O) groups is 7. The third-order valence-electron chi connectivity index (χ3n) is 16.7. The van der Waals surface area contributed by atoms with Crippen LogP contribution in [0.1, 0.15) is 146 Å². The molecule has 0 bridgehead atoms. The molecule has 29 heteroatoms. The van der Waals surface area contributed by atoms with E-state index in [0.29, 0.717) is 52.4 Å². The number of carboxylic acids is 2. The van der Waals surface area contributed by atoms with Crippen molar-refractivity contribution in [3.8, 4) is 45.0 Å². The third kappa shape index (κ3) is 28.3. The largest absolute Gasteiger partial charge is 0.478 e. The summed E-state index contributed by atoms with van der Waals surface area (Å²) in [5, 5.41) is 23.6. The van der Waals surface area contributed by atoms with Gasteiger partial charge in [-0.25, -0.2) is 39.1 Å². The Kier molecular flexibility index (Phi) is 34.6. The zero-order valence-corrected chi connectivity index (χ0v) is 75.9. The number of esters is 2. The van der Waals surface area contributed by atoms with Gasteiger partial charge in [-0.3, -0.25) is 34.3 Å². The molecule has 1 fully saturated rings. The van der Waals surface area contributed by atoms with Gasteiger partial charge in [-0.2, -0.15) is 0 Å². The summed E-state index contributed by atoms with van der Waals surface area (Å²) in [6, 6.07) is 47.2. The van der Waals surface area contributed by atoms with Gasteiger partial charge in [0.25, 0.3) is 11.8 Å². The maximum absolute atomic E-state index is 13.1. The van der Waals surface area contributed by atoms with E-state index >= 15 is 0 Å². The molecule has 0 saturated carbocycles. The van der Waals surface area contributed by atoms with E-state index in [-0.39, 0.29) is 47.3 Å². The third-order valence-corrected chi connectivity index (χ3v) is 20.2. The lowest BCUT2D eigenvalue weighted by atomic mass is 10.0. The number of hydrogen-bond donors (Lipinski definition) is 4. The molecule has 4 N–H and O–H groups in total. The fourth-order valence-corrected chi connectivity index (χ4v) is 15.3. The molecule has 2 atom stereocenters. The van der Waals surface area contributed by atoms with E-state index in [0.717, 1.165) is 120 Å². The van der Waals surface area contributed by atoms with Gasteiger partial charge < -0.3 is 35.2 Å². The van der Waals surface area contributed by atoms with Crippen molar-refractivity contribution < 1.29 is 53.2 Å². The van der Waals surface area contributed by atoms with Crippen LogP contribution >= 0.6 is 125 Å². The first-order valence-electron chi connectivity index (χ1n) is 35.0. The van der Waals surface area contributed by atoms with Crippen LogP contribution in [0.15, 0.2) is 230 Å². The average molecular weight is 2090 g/mol. The van der Waals surface area contributed by atoms with E-state index in [4.69, 9.17) is 14.9 Å². The molecule has 6 aromatic heterocycles. The highest BCUT2D eigenvalue weighted by molar-refractivity contribution is 14.1. The van der Waals surface area contributed by atoms with Gasteiger partial charge in [0, 0.05) is 142 Å². The van der Waals surface area contributed by atoms with Crippen LogP contribution in [0.2, 0.25) is 0 Å². The molecule has 115 heavy (non-hydrogen) atoms. The average Bonchev–Trinajstić information content (AvgIpc) is 1.79. The molecule has 1 saturated heterocycles. The number of carbonyl (C=O) groups excluding carboxylic acids is 5. The summed E-state index contributed by atoms with van der Waals surface area (Å²) in [6.45, 7) is 16.0. The van der Waals surface area contributed by atoms with Crippen molar-refractivity contribution in [1.29, 1.82) is 0 Å². The Labute approximate surface area is 735 Å². The van der Waals surface area contributed by atoms with Gasteiger partial charge >= 0.3 is 23.9 Å². The Morgan fingerprint density at radius 2 is 0.704 bits per heavy atom. The molecular weight excluding hydrogens is 2020 g/mol. The molecule has 13 rings (SSSR count). The predicted molar refractivity (Wildman–Crippen MR) is 478 cm³/mol. The van der Waals surface area contributed by atoms with Crippen LogP contribution in [0.3, 0.4) is 0 Å². The van der Waals surface area contributed by atoms with Crippen molar-refractivity contribution in [3.63, 3.8) is 0 Å². The summed E-state index contributed by atoms with van der Waals surface area (Å²) in [4.78, 5) is 118. The lowest BCUT2D eigenvalue weighted by Crippen LogP contribution is -2.28. The number of aryl methyl sites for hydroxylation is 6. The highest BCUT2D eigenvalue weighted by Gasteiger charge is 2.25. The molecule has 6 aromatic carbocycles. The Bertz CT molecular complexity index is 5430. The first-order valence-corrected chi connectivity index (χ1v) is 41.2. The molecule has 1 aliphatic rings. The van der Waals surface area contributed by atoms with E-state index < -0.39 is 11.9 Å². The number of carboxylic acid groups (broad SMARTS) is 2. The highest BCUT2D eigenvalue weighted by atomic mass is 127. The zero-order chi connectivity index (χ0) is 83.7. The fraction of sp³-hybridized carbons (Fsp3) is 0.174. The van der Waals surface area contributed by atoms with Crippen molar-refractivity contribution in [2.24, 2.45) is 0 Å². The minimum atomic E-state index is -0.945. The second-order valence-electron chi connectivity index (χ2n) is 25.9. The molecule has 22 nitrogen and oxygen atoms in total. The smallest absolute Gasteiger partial charge is 0.337 e. The maximum Gasteiger partial charge on any atom is 0.337 e. The molecule has 0 spiro atoms. The van der Waals surface area contributed by atoms with Gasteiger partial charge in [-0.05, 0) is 263 Å². The van der Waals surface area contributed by atoms with Crippen molar-refractivity contribution >= 4 is 172 Å². The molecular formula is C86H76Br5I2N11O11. The first kappa shape index (κ1) is 90.8. The van der Waals surface area contributed by atoms with Crippen LogP contribution < -0.4 is 15.5 Å². The van der Waals surface area contributed by atoms with Gasteiger partial charge in [-0.1, -0.05) is 104 Å². The lowest BCUT2D eigenvalue weighted by Gasteiger charge is -2.19. The predicted octanol–water partition coefficient (Wildman–Crippen LogP) is 20.9. The van der Waals surface area contributed by atoms with Gasteiger partial charge in [0.05, 0.1) is 71.3 Å². The Balaban J connectivity index is 0.000000179. The minimum absolute atomic E-state index is 0.0746. The van der Waals surface area contributed by atoms with Crippen LogP contribution in [0, 0.1) is 48.7 Å². The summed E-state index contributed by atoms with van der Waals surface area (Å²) in [5.41, 5.74) is 15.9. The number of methoxy groups -OCH3 is 2. The monoisotopic (exact) mass is 2090 g/mol. The Morgan fingerprint density at radius 1 is 0.400 bits per heavy atom. The Morgan fingerprint density at radius 3 is 1.03 bits per heavy atom. The first-order chi connectivity index (χ1) is 54.7. The van der Waals surface area contributed by atoms with Crippen molar-refractivity contribution in [2.45, 2.75) is 80.3 Å². The quantitative estimate of drug-likeness (QED) is 0.0547. The van der Waals surface area contributed by atoms with E-state index in [2.05, 4.69) is 180 Å². The van der Waals surface area contributed by atoms with Crippen molar-refractivity contribution in [3.05, 3.63) is 315 Å². The summed E-state index contributed by atoms with van der Waals surface area (Å²) < 4.78 is 15.3. The SMILES string of the molecule is COC(=O)c1cc(Br)cc(-c2ccc(C)cn2)c1.COC(=O)c1cc(Br)cc(I)c1.Cc1ccc(-c2cc(Br)cc(C(=O)N[C@H](C)c3cnc(C)nc3)c2)nc1.Cc1ccc(-c2cc(Br)cc(C(=O)O)c2)nc1.Cc1ccc(-c2cc(C(=O)N[C@H](C)c3cnc(C)nc3)cc(N3CCCC3=O)c2)nc1.O=C(O)c1cc(Br)cc(I)c1. The molecule has 0 unspecified atom stereocenters. The fourth-order valence-electron chi connectivity index (χ4n) is 10.7. The molecule has 1 aliphatic heterocycles. The lowest BCUT2D eigenvalue weighted by molar-refractivity contribution is -0.117. The second-order valence-corrected chi connectivity index (χ2v) is 33.0. The number of nitrogens with zero attached hydrogens (tertiary/aromatic N) is 9. The van der Waals surface area contributed by atoms with Crippen LogP contribution in [0.5, 0.6) is 0 Å². The van der Waals surface area contributed by atoms with Gasteiger partial charge in [0.15, 0.2) is 0 Å². The normalized spacial score (nSPS) is 11.6. The number of nitrogens with one attached hydrogen (secondary N) is 2. The van der Waals surface area contributed by atoms with E-state index in [9.17, 15) is 33.6 Å². The number of halogens is 7. The molecule has 12 aromatic rings. The van der Waals surface area contributed by atoms with Gasteiger partial charge in [-0.15, -0.1) is 0 Å². The number of anilines is 1. The standard InChI is InChI=1S/C24H25N5O2.C20H19BrN4O.C14H12BrNO2.C13H10BrNO2.C8H6BrIO2.C7H4BrIO2/c1-15-6-7-22(27-12-15)18-9-19(11-21(10-18)29-8-4-5-23(29)30)24(31)28-16(2)20-13-25-17(3)26-14-20;1-12-4-5-19(24-9-12)15-6-16(8-18(21)7-15)20(26)25-13(2)17-10-22-14(3)23-11-17;1-9-3-4-13(16-8-9)10-5-11(14(17)18-2)7-12(15)6-10;1-8-2-3-12(15-7-8)9-4-10(13(16)17)6-11(14)5-9;1-12-8(11)5-2-6(9)4-7(10)3-5;8-5-1-4(7(10)11)2-6(9)3-5/h6-7,9-14,16H,4-5,8H2,1-3H3,(H,28,31);4-11,13H,1-3H3,(H,25,26);3-8H,1-2H3;2-7H,1H3,(H,16,17);2-4H,1H3;1-3H,(H,10,11)/t16-;13-;;;;/m11..../s1. The van der Waals surface area contributed by atoms with Crippen LogP contribution in [-0.4, -0.2) is 112 Å². The highest BCUT2D eigenvalue weighted by Crippen LogP contribution is 2.32. The maximum atomic E-state index is 13.1. The second kappa shape index (κ2) is 43.8.